The molecule has 2 N–H and O–H groups in total. The minimum Gasteiger partial charge on any atom is -0.326 e. The lowest BCUT2D eigenvalue weighted by molar-refractivity contribution is -0.122. The van der Waals surface area contributed by atoms with Gasteiger partial charge >= 0.3 is 0 Å². The summed E-state index contributed by atoms with van der Waals surface area (Å²) in [5, 5.41) is 2.61. The maximum Gasteiger partial charge on any atom is 0.240 e. The molecule has 2 aromatic carbocycles. The normalized spacial score (nSPS) is 16.5. The Morgan fingerprint density at radius 3 is 2.58 bits per heavy atom. The van der Waals surface area contributed by atoms with Crippen LogP contribution in [0.4, 0.5) is 15.8 Å². The Morgan fingerprint density at radius 2 is 1.94 bits per heavy atom. The minimum absolute atomic E-state index is 0.00857. The smallest absolute Gasteiger partial charge is 0.240 e. The second-order valence-corrected chi connectivity index (χ2v) is 9.44. The number of rotatable bonds is 8. The minimum atomic E-state index is -3.60. The Kier molecular flexibility index (Phi) is 7.30. The number of nitrogens with one attached hydrogen (secondary N) is 2. The standard InChI is InChI=1S/C21H23ClFN3O4S/c1-2-3-10-24-31(29,30)17-7-4-15(5-8-17)25-21(28)14-11-20(27)26(13-14)16-6-9-19(23)18(22)12-16/h4-9,12,14,24H,2-3,10-11,13H2,1H3,(H,25,28). The molecule has 1 saturated heterocycles. The zero-order valence-corrected chi connectivity index (χ0v) is 18.5. The molecule has 2 aromatic rings. The molecular weight excluding hydrogens is 445 g/mol. The maximum absolute atomic E-state index is 13.4. The largest absolute Gasteiger partial charge is 0.326 e. The van der Waals surface area contributed by atoms with Crippen LogP contribution in [0, 0.1) is 11.7 Å². The fourth-order valence-electron chi connectivity index (χ4n) is 3.21. The number of hydrogen-bond donors (Lipinski definition) is 2. The first-order valence-electron chi connectivity index (χ1n) is 9.87. The van der Waals surface area contributed by atoms with Crippen LogP contribution in [-0.2, 0) is 19.6 Å². The van der Waals surface area contributed by atoms with Crippen LogP contribution in [0.15, 0.2) is 47.4 Å². The van der Waals surface area contributed by atoms with Gasteiger partial charge < -0.3 is 10.2 Å². The monoisotopic (exact) mass is 467 g/mol. The van der Waals surface area contributed by atoms with E-state index >= 15 is 0 Å². The van der Waals surface area contributed by atoms with Crippen LogP contribution < -0.4 is 14.9 Å². The lowest BCUT2D eigenvalue weighted by Gasteiger charge is -2.17. The zero-order valence-electron chi connectivity index (χ0n) is 16.9. The van der Waals surface area contributed by atoms with Crippen molar-refractivity contribution in [2.24, 2.45) is 5.92 Å². The molecule has 2 amide bonds. The first kappa shape index (κ1) is 23.2. The number of halogens is 2. The summed E-state index contributed by atoms with van der Waals surface area (Å²) in [5.74, 6) is -1.81. The highest BCUT2D eigenvalue weighted by molar-refractivity contribution is 7.89. The molecule has 10 heteroatoms. The van der Waals surface area contributed by atoms with Gasteiger partial charge in [-0.3, -0.25) is 9.59 Å². The summed E-state index contributed by atoms with van der Waals surface area (Å²) >= 11 is 5.79. The molecule has 1 fully saturated rings. The number of benzene rings is 2. The van der Waals surface area contributed by atoms with E-state index in [9.17, 15) is 22.4 Å². The molecule has 1 aliphatic rings. The SMILES string of the molecule is CCCCNS(=O)(=O)c1ccc(NC(=O)C2CC(=O)N(c3ccc(F)c(Cl)c3)C2)cc1. The molecule has 166 valence electrons. The predicted molar refractivity (Wildman–Crippen MR) is 117 cm³/mol. The molecule has 0 saturated carbocycles. The molecule has 7 nitrogen and oxygen atoms in total. The van der Waals surface area contributed by atoms with Crippen LogP contribution in [0.25, 0.3) is 0 Å². The van der Waals surface area contributed by atoms with Crippen molar-refractivity contribution < 1.29 is 22.4 Å². The molecule has 1 atom stereocenters. The van der Waals surface area contributed by atoms with E-state index in [0.29, 0.717) is 17.9 Å². The van der Waals surface area contributed by atoms with Gasteiger partial charge in [0.1, 0.15) is 5.82 Å². The fraction of sp³-hybridized carbons (Fsp3) is 0.333. The number of carbonyl (C=O) groups excluding carboxylic acids is 2. The van der Waals surface area contributed by atoms with Gasteiger partial charge in [0.25, 0.3) is 0 Å². The van der Waals surface area contributed by atoms with E-state index in [1.54, 1.807) is 0 Å². The van der Waals surface area contributed by atoms with Crippen molar-refractivity contribution in [3.8, 4) is 0 Å². The first-order valence-corrected chi connectivity index (χ1v) is 11.7. The first-order chi connectivity index (χ1) is 14.7. The quantitative estimate of drug-likeness (QED) is 0.580. The lowest BCUT2D eigenvalue weighted by Crippen LogP contribution is -2.28. The summed E-state index contributed by atoms with van der Waals surface area (Å²) in [6.45, 7) is 2.47. The Balaban J connectivity index is 1.62. The Labute approximate surface area is 185 Å². The van der Waals surface area contributed by atoms with Crippen molar-refractivity contribution in [3.05, 3.63) is 53.3 Å². The van der Waals surface area contributed by atoms with Crippen LogP contribution >= 0.6 is 11.6 Å². The number of hydrogen-bond acceptors (Lipinski definition) is 4. The number of unbranched alkanes of at least 4 members (excludes halogenated alkanes) is 1. The maximum atomic E-state index is 13.4. The molecule has 3 rings (SSSR count). The third kappa shape index (κ3) is 5.61. The molecule has 0 bridgehead atoms. The number of carbonyl (C=O) groups is 2. The van der Waals surface area contributed by atoms with Crippen LogP contribution in [0.3, 0.4) is 0 Å². The van der Waals surface area contributed by atoms with Crippen molar-refractivity contribution in [1.82, 2.24) is 4.72 Å². The number of amides is 2. The van der Waals surface area contributed by atoms with E-state index in [1.165, 1.54) is 47.4 Å². The topological polar surface area (TPSA) is 95.6 Å². The predicted octanol–water partition coefficient (Wildman–Crippen LogP) is 3.55. The highest BCUT2D eigenvalue weighted by Crippen LogP contribution is 2.29. The van der Waals surface area contributed by atoms with Gasteiger partial charge in [-0.1, -0.05) is 24.9 Å². The molecule has 0 aliphatic carbocycles. The summed E-state index contributed by atoms with van der Waals surface area (Å²) in [6.07, 6.45) is 1.63. The highest BCUT2D eigenvalue weighted by atomic mass is 35.5. The molecule has 1 aliphatic heterocycles. The van der Waals surface area contributed by atoms with E-state index in [2.05, 4.69) is 10.0 Å². The van der Waals surface area contributed by atoms with E-state index in [-0.39, 0.29) is 34.7 Å². The van der Waals surface area contributed by atoms with Gasteiger partial charge in [0.15, 0.2) is 0 Å². The molecule has 31 heavy (non-hydrogen) atoms. The number of nitrogens with zero attached hydrogens (tertiary/aromatic N) is 1. The number of anilines is 2. The van der Waals surface area contributed by atoms with Gasteiger partial charge in [-0.15, -0.1) is 0 Å². The van der Waals surface area contributed by atoms with Gasteiger partial charge in [0, 0.05) is 30.9 Å². The summed E-state index contributed by atoms with van der Waals surface area (Å²) in [4.78, 5) is 26.4. The Morgan fingerprint density at radius 1 is 1.23 bits per heavy atom. The third-order valence-corrected chi connectivity index (χ3v) is 6.73. The molecule has 0 aromatic heterocycles. The lowest BCUT2D eigenvalue weighted by atomic mass is 10.1. The van der Waals surface area contributed by atoms with Gasteiger partial charge in [-0.2, -0.15) is 0 Å². The molecule has 0 spiro atoms. The van der Waals surface area contributed by atoms with Crippen molar-refractivity contribution in [3.63, 3.8) is 0 Å². The summed E-state index contributed by atoms with van der Waals surface area (Å²) in [6, 6.07) is 9.79. The Hall–Kier alpha value is -2.49. The van der Waals surface area contributed by atoms with E-state index in [0.717, 1.165) is 12.8 Å². The Bertz CT molecular complexity index is 1080. The van der Waals surface area contributed by atoms with Crippen LogP contribution in [0.5, 0.6) is 0 Å². The van der Waals surface area contributed by atoms with Gasteiger partial charge in [0.05, 0.1) is 15.8 Å². The second-order valence-electron chi connectivity index (χ2n) is 7.27. The summed E-state index contributed by atoms with van der Waals surface area (Å²) in [7, 11) is -3.60. The van der Waals surface area contributed by atoms with Gasteiger partial charge in [-0.25, -0.2) is 17.5 Å². The van der Waals surface area contributed by atoms with Crippen molar-refractivity contribution in [2.45, 2.75) is 31.1 Å². The number of sulfonamides is 1. The average molecular weight is 468 g/mol. The third-order valence-electron chi connectivity index (χ3n) is 4.97. The van der Waals surface area contributed by atoms with Crippen molar-refractivity contribution in [2.75, 3.05) is 23.3 Å². The van der Waals surface area contributed by atoms with Crippen LogP contribution in [0.1, 0.15) is 26.2 Å². The molecular formula is C21H23ClFN3O4S. The van der Waals surface area contributed by atoms with E-state index in [4.69, 9.17) is 11.6 Å². The van der Waals surface area contributed by atoms with E-state index in [1.807, 2.05) is 6.92 Å². The zero-order chi connectivity index (χ0) is 22.6. The summed E-state index contributed by atoms with van der Waals surface area (Å²) < 4.78 is 40.3. The molecule has 1 heterocycles. The highest BCUT2D eigenvalue weighted by Gasteiger charge is 2.35. The molecule has 1 unspecified atom stereocenters. The van der Waals surface area contributed by atoms with Crippen molar-refractivity contribution in [1.29, 1.82) is 0 Å². The fourth-order valence-corrected chi connectivity index (χ4v) is 4.46. The van der Waals surface area contributed by atoms with Crippen LogP contribution in [-0.4, -0.2) is 33.3 Å². The van der Waals surface area contributed by atoms with E-state index < -0.39 is 21.8 Å². The molecule has 0 radical (unpaired) electrons. The van der Waals surface area contributed by atoms with Crippen LogP contribution in [0.2, 0.25) is 5.02 Å². The average Bonchev–Trinajstić information content (AvgIpc) is 3.12. The summed E-state index contributed by atoms with van der Waals surface area (Å²) in [5.41, 5.74) is 0.852. The second kappa shape index (κ2) is 9.76. The van der Waals surface area contributed by atoms with Gasteiger partial charge in [-0.05, 0) is 48.9 Å². The van der Waals surface area contributed by atoms with Crippen molar-refractivity contribution >= 4 is 44.8 Å². The van der Waals surface area contributed by atoms with Gasteiger partial charge in [0.2, 0.25) is 21.8 Å².